The Morgan fingerprint density at radius 3 is 2.56 bits per heavy atom. The van der Waals surface area contributed by atoms with Crippen molar-refractivity contribution in [1.82, 2.24) is 5.32 Å². The van der Waals surface area contributed by atoms with Gasteiger partial charge >= 0.3 is 0 Å². The van der Waals surface area contributed by atoms with Gasteiger partial charge in [-0.3, -0.25) is 0 Å². The first kappa shape index (κ1) is 11.9. The van der Waals surface area contributed by atoms with Crippen LogP contribution in [0.1, 0.15) is 12.8 Å². The monoisotopic (exact) mass is 249 g/mol. The molecule has 2 aliphatic heterocycles. The zero-order chi connectivity index (χ0) is 12.6. The highest BCUT2D eigenvalue weighted by Crippen LogP contribution is 2.39. The molecule has 3 rings (SSSR count). The predicted molar refractivity (Wildman–Crippen MR) is 71.1 cm³/mol. The maximum atomic E-state index is 12.9. The van der Waals surface area contributed by atoms with Crippen molar-refractivity contribution in [1.29, 1.82) is 0 Å². The number of halogens is 1. The number of hydrogen-bond donors (Lipinski definition) is 2. The van der Waals surface area contributed by atoms with Gasteiger partial charge in [0.15, 0.2) is 0 Å². The molecule has 4 heteroatoms. The number of nitrogens with one attached hydrogen (secondary N) is 1. The van der Waals surface area contributed by atoms with E-state index in [4.69, 9.17) is 5.73 Å². The molecule has 0 aliphatic carbocycles. The summed E-state index contributed by atoms with van der Waals surface area (Å²) in [7, 11) is 0. The second kappa shape index (κ2) is 4.52. The zero-order valence-corrected chi connectivity index (χ0v) is 10.5. The van der Waals surface area contributed by atoms with Gasteiger partial charge in [-0.05, 0) is 50.2 Å². The Balaban J connectivity index is 1.78. The molecule has 0 saturated carbocycles. The van der Waals surface area contributed by atoms with Crippen LogP contribution < -0.4 is 16.0 Å². The summed E-state index contributed by atoms with van der Waals surface area (Å²) in [5, 5.41) is 3.39. The summed E-state index contributed by atoms with van der Waals surface area (Å²) in [4.78, 5) is 2.30. The Bertz CT molecular complexity index is 412. The number of nitrogens with two attached hydrogens (primary N) is 1. The minimum atomic E-state index is -0.182. The van der Waals surface area contributed by atoms with E-state index in [-0.39, 0.29) is 17.3 Å². The third-order valence-corrected chi connectivity index (χ3v) is 4.50. The van der Waals surface area contributed by atoms with Crippen LogP contribution in [0.4, 0.5) is 10.1 Å². The topological polar surface area (TPSA) is 41.3 Å². The first-order valence-corrected chi connectivity index (χ1v) is 6.66. The number of hydrogen-bond acceptors (Lipinski definition) is 3. The third kappa shape index (κ3) is 1.99. The van der Waals surface area contributed by atoms with Crippen molar-refractivity contribution in [3.63, 3.8) is 0 Å². The Morgan fingerprint density at radius 1 is 1.22 bits per heavy atom. The summed E-state index contributed by atoms with van der Waals surface area (Å²) in [6, 6.07) is 6.97. The van der Waals surface area contributed by atoms with Crippen molar-refractivity contribution in [3.05, 3.63) is 30.1 Å². The van der Waals surface area contributed by atoms with Crippen LogP contribution in [0.5, 0.6) is 0 Å². The van der Waals surface area contributed by atoms with Gasteiger partial charge in [-0.25, -0.2) is 4.39 Å². The standard InChI is InChI=1S/C14H20FN3/c15-11-1-3-12(4-2-11)18-9-13(16)14(10-18)5-7-17-8-6-14/h1-4,13,17H,5-10,16H2. The van der Waals surface area contributed by atoms with Gasteiger partial charge in [0.25, 0.3) is 0 Å². The quantitative estimate of drug-likeness (QED) is 0.789. The Kier molecular flexibility index (Phi) is 2.99. The maximum Gasteiger partial charge on any atom is 0.123 e. The lowest BCUT2D eigenvalue weighted by Crippen LogP contribution is -2.47. The molecule has 1 spiro atoms. The van der Waals surface area contributed by atoms with E-state index in [0.29, 0.717) is 0 Å². The minimum absolute atomic E-state index is 0.182. The normalized spacial score (nSPS) is 26.8. The highest BCUT2D eigenvalue weighted by atomic mass is 19.1. The average molecular weight is 249 g/mol. The van der Waals surface area contributed by atoms with Crippen LogP contribution in [0, 0.1) is 11.2 Å². The number of anilines is 1. The van der Waals surface area contributed by atoms with Crippen LogP contribution in [0.15, 0.2) is 24.3 Å². The van der Waals surface area contributed by atoms with Gasteiger partial charge in [-0.2, -0.15) is 0 Å². The molecule has 1 aromatic carbocycles. The van der Waals surface area contributed by atoms with Crippen LogP contribution in [0.2, 0.25) is 0 Å². The van der Waals surface area contributed by atoms with Crippen molar-refractivity contribution in [2.75, 3.05) is 31.1 Å². The molecule has 1 unspecified atom stereocenters. The van der Waals surface area contributed by atoms with Crippen LogP contribution in [0.25, 0.3) is 0 Å². The molecule has 2 heterocycles. The minimum Gasteiger partial charge on any atom is -0.369 e. The van der Waals surface area contributed by atoms with E-state index >= 15 is 0 Å². The van der Waals surface area contributed by atoms with E-state index in [0.717, 1.165) is 44.7 Å². The number of benzene rings is 1. The molecule has 18 heavy (non-hydrogen) atoms. The maximum absolute atomic E-state index is 12.9. The lowest BCUT2D eigenvalue weighted by molar-refractivity contribution is 0.205. The summed E-state index contributed by atoms with van der Waals surface area (Å²) >= 11 is 0. The molecule has 3 N–H and O–H groups in total. The van der Waals surface area contributed by atoms with Gasteiger partial charge in [-0.1, -0.05) is 0 Å². The number of rotatable bonds is 1. The molecular weight excluding hydrogens is 229 g/mol. The summed E-state index contributed by atoms with van der Waals surface area (Å²) in [5.41, 5.74) is 7.69. The number of piperidine rings is 1. The Hall–Kier alpha value is -1.13. The molecule has 2 saturated heterocycles. The summed E-state index contributed by atoms with van der Waals surface area (Å²) in [6.07, 6.45) is 2.29. The molecule has 0 radical (unpaired) electrons. The fourth-order valence-electron chi connectivity index (χ4n) is 3.30. The highest BCUT2D eigenvalue weighted by Gasteiger charge is 2.45. The second-order valence-corrected chi connectivity index (χ2v) is 5.58. The van der Waals surface area contributed by atoms with E-state index in [2.05, 4.69) is 10.2 Å². The second-order valence-electron chi connectivity index (χ2n) is 5.58. The van der Waals surface area contributed by atoms with Crippen molar-refractivity contribution < 1.29 is 4.39 Å². The van der Waals surface area contributed by atoms with Gasteiger partial charge < -0.3 is 16.0 Å². The highest BCUT2D eigenvalue weighted by molar-refractivity contribution is 5.48. The fraction of sp³-hybridized carbons (Fsp3) is 0.571. The van der Waals surface area contributed by atoms with Crippen LogP contribution >= 0.6 is 0 Å². The Labute approximate surface area is 107 Å². The van der Waals surface area contributed by atoms with E-state index in [9.17, 15) is 4.39 Å². The van der Waals surface area contributed by atoms with Gasteiger partial charge in [-0.15, -0.1) is 0 Å². The first-order chi connectivity index (χ1) is 8.70. The van der Waals surface area contributed by atoms with Crippen LogP contribution in [-0.4, -0.2) is 32.2 Å². The van der Waals surface area contributed by atoms with Crippen molar-refractivity contribution >= 4 is 5.69 Å². The largest absolute Gasteiger partial charge is 0.369 e. The lowest BCUT2D eigenvalue weighted by atomic mass is 9.75. The summed E-state index contributed by atoms with van der Waals surface area (Å²) in [5.74, 6) is -0.182. The smallest absolute Gasteiger partial charge is 0.123 e. The lowest BCUT2D eigenvalue weighted by Gasteiger charge is -2.36. The van der Waals surface area contributed by atoms with Crippen LogP contribution in [-0.2, 0) is 0 Å². The third-order valence-electron chi connectivity index (χ3n) is 4.50. The van der Waals surface area contributed by atoms with Gasteiger partial charge in [0.2, 0.25) is 0 Å². The van der Waals surface area contributed by atoms with Crippen molar-refractivity contribution in [2.45, 2.75) is 18.9 Å². The molecule has 1 aromatic rings. The Morgan fingerprint density at radius 2 is 1.89 bits per heavy atom. The molecule has 2 fully saturated rings. The van der Waals surface area contributed by atoms with Gasteiger partial charge in [0.1, 0.15) is 5.82 Å². The summed E-state index contributed by atoms with van der Waals surface area (Å²) in [6.45, 7) is 4.00. The molecule has 1 atom stereocenters. The fourth-order valence-corrected chi connectivity index (χ4v) is 3.30. The molecule has 3 nitrogen and oxygen atoms in total. The van der Waals surface area contributed by atoms with E-state index in [1.54, 1.807) is 0 Å². The molecule has 2 aliphatic rings. The molecule has 98 valence electrons. The van der Waals surface area contributed by atoms with E-state index in [1.165, 1.54) is 12.1 Å². The van der Waals surface area contributed by atoms with Crippen molar-refractivity contribution in [3.8, 4) is 0 Å². The van der Waals surface area contributed by atoms with Gasteiger partial charge in [0.05, 0.1) is 0 Å². The van der Waals surface area contributed by atoms with Gasteiger partial charge in [0, 0.05) is 30.2 Å². The SMILES string of the molecule is NC1CN(c2ccc(F)cc2)CC12CCNCC2. The average Bonchev–Trinajstić information content (AvgIpc) is 2.69. The number of nitrogens with zero attached hydrogens (tertiary/aromatic N) is 1. The first-order valence-electron chi connectivity index (χ1n) is 6.66. The molecule has 0 bridgehead atoms. The van der Waals surface area contributed by atoms with E-state index < -0.39 is 0 Å². The van der Waals surface area contributed by atoms with Crippen LogP contribution in [0.3, 0.4) is 0 Å². The predicted octanol–water partition coefficient (Wildman–Crippen LogP) is 1.34. The zero-order valence-electron chi connectivity index (χ0n) is 10.5. The van der Waals surface area contributed by atoms with E-state index in [1.807, 2.05) is 12.1 Å². The molecular formula is C14H20FN3. The summed E-state index contributed by atoms with van der Waals surface area (Å²) < 4.78 is 12.9. The molecule has 0 amide bonds. The van der Waals surface area contributed by atoms with Crippen molar-refractivity contribution in [2.24, 2.45) is 11.1 Å². The molecule has 0 aromatic heterocycles.